The number of aliphatic hydroxyl groups excluding tert-OH is 2. The molecule has 0 spiro atoms. The van der Waals surface area contributed by atoms with E-state index in [-0.39, 0.29) is 12.2 Å². The molecule has 0 saturated carbocycles. The molecule has 146 valence electrons. The summed E-state index contributed by atoms with van der Waals surface area (Å²) in [7, 11) is -2.09. The molecule has 2 aromatic rings. The Morgan fingerprint density at radius 2 is 1.41 bits per heavy atom. The van der Waals surface area contributed by atoms with Gasteiger partial charge in [-0.3, -0.25) is 0 Å². The Kier molecular flexibility index (Phi) is 6.47. The van der Waals surface area contributed by atoms with Crippen LogP contribution in [0.2, 0.25) is 0 Å². The zero-order chi connectivity index (χ0) is 19.4. The molecule has 3 rings (SSSR count). The summed E-state index contributed by atoms with van der Waals surface area (Å²) < 4.78 is 17.8. The van der Waals surface area contributed by atoms with Gasteiger partial charge in [0.25, 0.3) is 0 Å². The van der Waals surface area contributed by atoms with Crippen LogP contribution < -0.4 is 10.4 Å². The highest BCUT2D eigenvalue weighted by atomic mass is 28.3. The summed E-state index contributed by atoms with van der Waals surface area (Å²) in [6, 6.07) is 19.9. The largest absolute Gasteiger partial charge is 0.387 e. The molecule has 0 aliphatic carbocycles. The van der Waals surface area contributed by atoms with Crippen molar-refractivity contribution in [2.24, 2.45) is 0 Å². The Balaban J connectivity index is 1.76. The summed E-state index contributed by atoms with van der Waals surface area (Å²) in [5, 5.41) is 23.0. The van der Waals surface area contributed by atoms with Crippen LogP contribution in [0.15, 0.2) is 60.7 Å². The highest BCUT2D eigenvalue weighted by Gasteiger charge is 2.45. The molecule has 5 nitrogen and oxygen atoms in total. The second-order valence-corrected chi connectivity index (χ2v) is 10.2. The van der Waals surface area contributed by atoms with Crippen LogP contribution >= 0.6 is 0 Å². The molecule has 2 N–H and O–H groups in total. The van der Waals surface area contributed by atoms with Crippen LogP contribution in [-0.4, -0.2) is 56.1 Å². The van der Waals surface area contributed by atoms with Gasteiger partial charge in [0.15, 0.2) is 6.29 Å². The molecule has 27 heavy (non-hydrogen) atoms. The highest BCUT2D eigenvalue weighted by Crippen LogP contribution is 2.24. The van der Waals surface area contributed by atoms with Crippen molar-refractivity contribution in [3.8, 4) is 0 Å². The van der Waals surface area contributed by atoms with Crippen LogP contribution in [0.4, 0.5) is 0 Å². The van der Waals surface area contributed by atoms with Gasteiger partial charge in [-0.15, -0.1) is 0 Å². The van der Waals surface area contributed by atoms with Gasteiger partial charge in [-0.25, -0.2) is 0 Å². The molecule has 1 heterocycles. The summed E-state index contributed by atoms with van der Waals surface area (Å²) in [5.74, 6) is 0. The summed E-state index contributed by atoms with van der Waals surface area (Å²) in [4.78, 5) is 0. The number of rotatable bonds is 6. The summed E-state index contributed by atoms with van der Waals surface area (Å²) in [6.07, 6.45) is -3.66. The minimum absolute atomic E-state index is 0.199. The quantitative estimate of drug-likeness (QED) is 0.717. The third kappa shape index (κ3) is 5.25. The van der Waals surface area contributed by atoms with Crippen molar-refractivity contribution < 1.29 is 24.1 Å². The van der Waals surface area contributed by atoms with E-state index in [1.807, 2.05) is 81.4 Å². The fourth-order valence-corrected chi connectivity index (χ4v) is 5.37. The molecule has 1 aliphatic rings. The molecule has 1 unspecified atom stereocenters. The van der Waals surface area contributed by atoms with E-state index in [4.69, 9.17) is 13.9 Å². The van der Waals surface area contributed by atoms with E-state index < -0.39 is 33.6 Å². The first-order valence-electron chi connectivity index (χ1n) is 9.26. The number of hydrogen-bond donors (Lipinski definition) is 2. The van der Waals surface area contributed by atoms with E-state index in [1.54, 1.807) is 0 Å². The van der Waals surface area contributed by atoms with Crippen LogP contribution in [0.1, 0.15) is 20.8 Å². The van der Waals surface area contributed by atoms with Gasteiger partial charge in [0, 0.05) is 0 Å². The molecule has 1 fully saturated rings. The topological polar surface area (TPSA) is 68.2 Å². The molecular weight excluding hydrogens is 360 g/mol. The molecule has 2 aromatic carbocycles. The van der Waals surface area contributed by atoms with Crippen LogP contribution in [0.3, 0.4) is 0 Å². The third-order valence-corrected chi connectivity index (χ3v) is 7.00. The van der Waals surface area contributed by atoms with E-state index in [9.17, 15) is 10.2 Å². The Morgan fingerprint density at radius 3 is 1.89 bits per heavy atom. The maximum Gasteiger partial charge on any atom is 0.243 e. The Morgan fingerprint density at radius 1 is 0.889 bits per heavy atom. The Hall–Kier alpha value is -1.54. The van der Waals surface area contributed by atoms with E-state index in [0.717, 1.165) is 10.4 Å². The first-order chi connectivity index (χ1) is 12.8. The lowest BCUT2D eigenvalue weighted by molar-refractivity contribution is -0.135. The zero-order valence-corrected chi connectivity index (χ0v) is 17.1. The number of aliphatic hydroxyl groups is 2. The smallest absolute Gasteiger partial charge is 0.243 e. The lowest BCUT2D eigenvalue weighted by atomic mass is 10.1. The van der Waals surface area contributed by atoms with Gasteiger partial charge in [0.05, 0.1) is 12.2 Å². The molecule has 0 amide bonds. The standard InChI is InChI=1S/C21H28O5Si/c1-21(2,3)24-14-17-18(22)19(23)20(25-17)26-27(15-10-6-4-7-11-15)16-12-8-5-9-13-16/h4-13,17-20,22-23,27H,14H2,1-3H3/t17-,18-,19-,20?/m1/s1. The number of hydrogen-bond acceptors (Lipinski definition) is 5. The van der Waals surface area contributed by atoms with E-state index >= 15 is 0 Å². The van der Waals surface area contributed by atoms with E-state index in [2.05, 4.69) is 0 Å². The van der Waals surface area contributed by atoms with Crippen LogP contribution in [0.25, 0.3) is 0 Å². The normalized spacial score (nSPS) is 25.9. The van der Waals surface area contributed by atoms with E-state index in [1.165, 1.54) is 0 Å². The molecule has 1 saturated heterocycles. The minimum Gasteiger partial charge on any atom is -0.387 e. The number of ether oxygens (including phenoxy) is 2. The first-order valence-corrected chi connectivity index (χ1v) is 10.9. The summed E-state index contributed by atoms with van der Waals surface area (Å²) in [5.41, 5.74) is -0.349. The van der Waals surface area contributed by atoms with Gasteiger partial charge < -0.3 is 24.1 Å². The molecule has 6 heteroatoms. The van der Waals surface area contributed by atoms with Crippen molar-refractivity contribution >= 4 is 19.4 Å². The average molecular weight is 389 g/mol. The second kappa shape index (κ2) is 8.64. The van der Waals surface area contributed by atoms with Gasteiger partial charge >= 0.3 is 0 Å². The molecular formula is C21H28O5Si. The van der Waals surface area contributed by atoms with Gasteiger partial charge in [-0.05, 0) is 31.1 Å². The molecule has 4 atom stereocenters. The molecule has 0 radical (unpaired) electrons. The lowest BCUT2D eigenvalue weighted by Gasteiger charge is -2.24. The van der Waals surface area contributed by atoms with Gasteiger partial charge in [0.2, 0.25) is 9.04 Å². The van der Waals surface area contributed by atoms with Crippen molar-refractivity contribution in [1.29, 1.82) is 0 Å². The van der Waals surface area contributed by atoms with Crippen molar-refractivity contribution in [3.05, 3.63) is 60.7 Å². The van der Waals surface area contributed by atoms with E-state index in [0.29, 0.717) is 0 Å². The van der Waals surface area contributed by atoms with Gasteiger partial charge in [0.1, 0.15) is 18.3 Å². The first kappa shape index (κ1) is 20.2. The highest BCUT2D eigenvalue weighted by molar-refractivity contribution is 6.80. The van der Waals surface area contributed by atoms with Crippen molar-refractivity contribution in [2.75, 3.05) is 6.61 Å². The van der Waals surface area contributed by atoms with Gasteiger partial charge in [-0.1, -0.05) is 60.7 Å². The SMILES string of the molecule is CC(C)(C)OC[C@H]1OC(O[SiH](c2ccccc2)c2ccccc2)[C@H](O)[C@@H]1O. The second-order valence-electron chi connectivity index (χ2n) is 7.78. The predicted octanol–water partition coefficient (Wildman–Crippen LogP) is 0.803. The summed E-state index contributed by atoms with van der Waals surface area (Å²) in [6.45, 7) is 6.01. The maximum atomic E-state index is 10.5. The lowest BCUT2D eigenvalue weighted by Crippen LogP contribution is -2.49. The average Bonchev–Trinajstić information content (AvgIpc) is 2.93. The Bertz CT molecular complexity index is 664. The molecule has 0 aromatic heterocycles. The predicted molar refractivity (Wildman–Crippen MR) is 107 cm³/mol. The third-order valence-electron chi connectivity index (χ3n) is 4.47. The number of benzene rings is 2. The van der Waals surface area contributed by atoms with Crippen LogP contribution in [0, 0.1) is 0 Å². The fraction of sp³-hybridized carbons (Fsp3) is 0.429. The fourth-order valence-electron chi connectivity index (χ4n) is 3.04. The van der Waals surface area contributed by atoms with Crippen molar-refractivity contribution in [2.45, 2.75) is 51.0 Å². The van der Waals surface area contributed by atoms with Crippen LogP contribution in [0.5, 0.6) is 0 Å². The molecule has 0 bridgehead atoms. The maximum absolute atomic E-state index is 10.5. The monoisotopic (exact) mass is 388 g/mol. The summed E-state index contributed by atoms with van der Waals surface area (Å²) >= 11 is 0. The zero-order valence-electron chi connectivity index (χ0n) is 16.0. The van der Waals surface area contributed by atoms with Crippen molar-refractivity contribution in [3.63, 3.8) is 0 Å². The van der Waals surface area contributed by atoms with Crippen molar-refractivity contribution in [1.82, 2.24) is 0 Å². The Labute approximate surface area is 162 Å². The minimum atomic E-state index is -2.09. The molecule has 1 aliphatic heterocycles. The van der Waals surface area contributed by atoms with Crippen LogP contribution in [-0.2, 0) is 13.9 Å². The van der Waals surface area contributed by atoms with Gasteiger partial charge in [-0.2, -0.15) is 0 Å².